The van der Waals surface area contributed by atoms with Crippen LogP contribution >= 0.6 is 0 Å². The highest BCUT2D eigenvalue weighted by Crippen LogP contribution is 2.31. The zero-order valence-corrected chi connectivity index (χ0v) is 19.2. The quantitative estimate of drug-likeness (QED) is 0.659. The number of rotatable bonds is 6. The van der Waals surface area contributed by atoms with Crippen LogP contribution in [0.1, 0.15) is 52.5 Å². The molecule has 0 radical (unpaired) electrons. The van der Waals surface area contributed by atoms with Gasteiger partial charge in [0.15, 0.2) is 0 Å². The Morgan fingerprint density at radius 2 is 2.10 bits per heavy atom. The second kappa shape index (κ2) is 9.42. The molecule has 0 amide bonds. The highest BCUT2D eigenvalue weighted by atomic mass is 16.5. The molecule has 6 nitrogen and oxygen atoms in total. The number of likely N-dealkylation sites (tertiary alicyclic amines) is 1. The van der Waals surface area contributed by atoms with Gasteiger partial charge < -0.3 is 9.47 Å². The highest BCUT2D eigenvalue weighted by Gasteiger charge is 2.33. The summed E-state index contributed by atoms with van der Waals surface area (Å²) in [7, 11) is 0. The Balaban J connectivity index is 1.47. The molecule has 166 valence electrons. The van der Waals surface area contributed by atoms with E-state index in [9.17, 15) is 0 Å². The van der Waals surface area contributed by atoms with Gasteiger partial charge in [-0.2, -0.15) is 0 Å². The molecule has 2 aliphatic rings. The lowest BCUT2D eigenvalue weighted by Gasteiger charge is -2.44. The maximum Gasteiger partial charge on any atom is 0.130 e. The monoisotopic (exact) mass is 422 g/mol. The third kappa shape index (κ3) is 5.87. The first kappa shape index (κ1) is 21.9. The Kier molecular flexibility index (Phi) is 6.64. The van der Waals surface area contributed by atoms with E-state index in [2.05, 4.69) is 40.9 Å². The molecule has 2 fully saturated rings. The molecule has 31 heavy (non-hydrogen) atoms. The lowest BCUT2D eigenvalue weighted by atomic mass is 9.84. The van der Waals surface area contributed by atoms with E-state index in [0.717, 1.165) is 68.2 Å². The van der Waals surface area contributed by atoms with E-state index in [1.165, 1.54) is 6.42 Å². The molecule has 3 heterocycles. The second-order valence-corrected chi connectivity index (χ2v) is 9.80. The van der Waals surface area contributed by atoms with E-state index in [0.29, 0.717) is 5.41 Å². The summed E-state index contributed by atoms with van der Waals surface area (Å²) in [6.07, 6.45) is 5.73. The van der Waals surface area contributed by atoms with E-state index in [4.69, 9.17) is 9.47 Å². The van der Waals surface area contributed by atoms with Crippen molar-refractivity contribution >= 4 is 0 Å². The number of hydrogen-bond donors (Lipinski definition) is 0. The normalized spacial score (nSPS) is 20.7. The molecule has 0 N–H and O–H groups in total. The second-order valence-electron chi connectivity index (χ2n) is 9.80. The molecule has 1 aromatic carbocycles. The minimum Gasteiger partial charge on any atom is -0.490 e. The Labute approximate surface area is 185 Å². The number of nitrogens with zero attached hydrogens (tertiary/aromatic N) is 4. The topological polar surface area (TPSA) is 52.4 Å². The lowest BCUT2D eigenvalue weighted by molar-refractivity contribution is 0.00370. The smallest absolute Gasteiger partial charge is 0.130 e. The highest BCUT2D eigenvalue weighted by molar-refractivity contribution is 5.68. The lowest BCUT2D eigenvalue weighted by Crippen LogP contribution is -2.52. The van der Waals surface area contributed by atoms with Gasteiger partial charge in [0.25, 0.3) is 0 Å². The SMILES string of the molecule is CC(C)Oc1cc(C#CCN2CC(C)(C)C2)ccc1-c1cn(C[C@H]2CCCCO2)nn1. The number of benzene rings is 1. The molecule has 2 aliphatic heterocycles. The Morgan fingerprint density at radius 3 is 2.81 bits per heavy atom. The van der Waals surface area contributed by atoms with Crippen LogP contribution in [0, 0.1) is 17.3 Å². The summed E-state index contributed by atoms with van der Waals surface area (Å²) in [5.41, 5.74) is 3.15. The van der Waals surface area contributed by atoms with Gasteiger partial charge in [-0.05, 0) is 56.7 Å². The first-order chi connectivity index (χ1) is 14.9. The summed E-state index contributed by atoms with van der Waals surface area (Å²) >= 11 is 0. The van der Waals surface area contributed by atoms with Crippen molar-refractivity contribution in [2.45, 2.75) is 65.7 Å². The average Bonchev–Trinajstić information content (AvgIpc) is 3.15. The molecule has 0 spiro atoms. The van der Waals surface area contributed by atoms with Crippen LogP contribution in [0.5, 0.6) is 5.75 Å². The summed E-state index contributed by atoms with van der Waals surface area (Å²) in [6.45, 7) is 13.3. The van der Waals surface area contributed by atoms with Gasteiger partial charge >= 0.3 is 0 Å². The molecule has 0 bridgehead atoms. The Morgan fingerprint density at radius 1 is 1.26 bits per heavy atom. The van der Waals surface area contributed by atoms with Crippen LogP contribution in [0.4, 0.5) is 0 Å². The predicted molar refractivity (Wildman–Crippen MR) is 122 cm³/mol. The molecule has 1 atom stereocenters. The van der Waals surface area contributed by atoms with Crippen LogP contribution in [-0.2, 0) is 11.3 Å². The summed E-state index contributed by atoms with van der Waals surface area (Å²) in [4.78, 5) is 2.38. The molecular formula is C25H34N4O2. The molecule has 2 saturated heterocycles. The molecule has 4 rings (SSSR count). The molecule has 6 heteroatoms. The van der Waals surface area contributed by atoms with Gasteiger partial charge in [0.1, 0.15) is 11.4 Å². The number of hydrogen-bond acceptors (Lipinski definition) is 5. The first-order valence-electron chi connectivity index (χ1n) is 11.4. The third-order valence-corrected chi connectivity index (χ3v) is 5.66. The molecule has 1 aromatic heterocycles. The molecule has 0 aliphatic carbocycles. The molecule has 0 unspecified atom stereocenters. The summed E-state index contributed by atoms with van der Waals surface area (Å²) in [5, 5.41) is 8.73. The maximum atomic E-state index is 6.11. The van der Waals surface area contributed by atoms with Gasteiger partial charge in [0.2, 0.25) is 0 Å². The van der Waals surface area contributed by atoms with E-state index >= 15 is 0 Å². The Bertz CT molecular complexity index is 940. The fraction of sp³-hybridized carbons (Fsp3) is 0.600. The van der Waals surface area contributed by atoms with E-state index in [-0.39, 0.29) is 12.2 Å². The van der Waals surface area contributed by atoms with Gasteiger partial charge in [-0.25, -0.2) is 4.68 Å². The fourth-order valence-corrected chi connectivity index (χ4v) is 4.36. The number of aromatic nitrogens is 3. The van der Waals surface area contributed by atoms with Crippen LogP contribution in [0.3, 0.4) is 0 Å². The fourth-order valence-electron chi connectivity index (χ4n) is 4.36. The predicted octanol–water partition coefficient (Wildman–Crippen LogP) is 3.99. The van der Waals surface area contributed by atoms with E-state index in [1.807, 2.05) is 42.9 Å². The number of ether oxygens (including phenoxy) is 2. The minimum absolute atomic E-state index is 0.0657. The van der Waals surface area contributed by atoms with Crippen molar-refractivity contribution in [3.63, 3.8) is 0 Å². The van der Waals surface area contributed by atoms with Crippen molar-refractivity contribution in [2.75, 3.05) is 26.2 Å². The molecule has 0 saturated carbocycles. The molecule has 2 aromatic rings. The van der Waals surface area contributed by atoms with Gasteiger partial charge in [0, 0.05) is 30.8 Å². The summed E-state index contributed by atoms with van der Waals surface area (Å²) in [5.74, 6) is 7.40. The van der Waals surface area contributed by atoms with Gasteiger partial charge in [0.05, 0.1) is 31.5 Å². The first-order valence-corrected chi connectivity index (χ1v) is 11.4. The van der Waals surface area contributed by atoms with Gasteiger partial charge in [-0.3, -0.25) is 4.90 Å². The zero-order valence-electron chi connectivity index (χ0n) is 19.2. The van der Waals surface area contributed by atoms with Crippen LogP contribution in [0.15, 0.2) is 24.4 Å². The standard InChI is InChI=1S/C25H34N4O2/c1-19(2)31-24-14-20(8-7-12-28-17-25(3,4)18-28)10-11-22(24)23-16-29(27-26-23)15-21-9-5-6-13-30-21/h10-11,14,16,19,21H,5-6,9,12-13,15,17-18H2,1-4H3/t21-/m1/s1. The van der Waals surface area contributed by atoms with Crippen LogP contribution < -0.4 is 4.74 Å². The summed E-state index contributed by atoms with van der Waals surface area (Å²) < 4.78 is 13.8. The van der Waals surface area contributed by atoms with Crippen molar-refractivity contribution in [1.82, 2.24) is 19.9 Å². The van der Waals surface area contributed by atoms with Gasteiger partial charge in [-0.15, -0.1) is 5.10 Å². The van der Waals surface area contributed by atoms with Crippen LogP contribution in [-0.4, -0.2) is 58.3 Å². The van der Waals surface area contributed by atoms with E-state index < -0.39 is 0 Å². The van der Waals surface area contributed by atoms with Crippen molar-refractivity contribution in [3.05, 3.63) is 30.0 Å². The average molecular weight is 423 g/mol. The summed E-state index contributed by atoms with van der Waals surface area (Å²) in [6, 6.07) is 6.10. The zero-order chi connectivity index (χ0) is 21.8. The van der Waals surface area contributed by atoms with Crippen LogP contribution in [0.25, 0.3) is 11.3 Å². The van der Waals surface area contributed by atoms with Gasteiger partial charge in [-0.1, -0.05) is 30.9 Å². The Hall–Kier alpha value is -2.36. The van der Waals surface area contributed by atoms with Crippen molar-refractivity contribution in [2.24, 2.45) is 5.41 Å². The third-order valence-electron chi connectivity index (χ3n) is 5.66. The van der Waals surface area contributed by atoms with Crippen molar-refractivity contribution in [3.8, 4) is 28.8 Å². The van der Waals surface area contributed by atoms with Crippen molar-refractivity contribution in [1.29, 1.82) is 0 Å². The maximum absolute atomic E-state index is 6.11. The van der Waals surface area contributed by atoms with Crippen LogP contribution in [0.2, 0.25) is 0 Å². The van der Waals surface area contributed by atoms with E-state index in [1.54, 1.807) is 0 Å². The van der Waals surface area contributed by atoms with Crippen molar-refractivity contribution < 1.29 is 9.47 Å². The largest absolute Gasteiger partial charge is 0.490 e. The molecular weight excluding hydrogens is 388 g/mol. The minimum atomic E-state index is 0.0657.